The molecule has 0 saturated heterocycles. The number of aryl methyl sites for hydroxylation is 5. The van der Waals surface area contributed by atoms with Gasteiger partial charge in [0.2, 0.25) is 0 Å². The molecule has 0 N–H and O–H groups in total. The van der Waals surface area contributed by atoms with Gasteiger partial charge >= 0.3 is 0 Å². The Balaban J connectivity index is 0.000000107. The molecule has 19 aromatic carbocycles. The lowest BCUT2D eigenvalue weighted by atomic mass is 9.99. The summed E-state index contributed by atoms with van der Waals surface area (Å²) in [6.45, 7) is 10.5. The normalized spacial score (nSPS) is 10.9. The highest BCUT2D eigenvalue weighted by Gasteiger charge is 2.21. The summed E-state index contributed by atoms with van der Waals surface area (Å²) in [5, 5.41) is 11.9. The second-order valence-corrected chi connectivity index (χ2v) is 34.4. The maximum absolute atomic E-state index is 5.00. The van der Waals surface area contributed by atoms with Gasteiger partial charge in [-0.2, -0.15) is 0 Å². The first kappa shape index (κ1) is 88.8. The first-order valence-electron chi connectivity index (χ1n) is 46.8. The Labute approximate surface area is 810 Å². The van der Waals surface area contributed by atoms with Gasteiger partial charge in [0, 0.05) is 83.6 Å². The third-order valence-electron chi connectivity index (χ3n) is 24.8. The van der Waals surface area contributed by atoms with E-state index in [1.54, 1.807) is 0 Å². The smallest absolute Gasteiger partial charge is 0.161 e. The van der Waals surface area contributed by atoms with Crippen LogP contribution in [0.5, 0.6) is 0 Å². The van der Waals surface area contributed by atoms with E-state index < -0.39 is 0 Å². The highest BCUT2D eigenvalue weighted by atomic mass is 14.9. The molecule has 0 spiro atoms. The minimum atomic E-state index is 0.745. The van der Waals surface area contributed by atoms with Crippen molar-refractivity contribution in [3.8, 4) is 158 Å². The fraction of sp³-hybridized carbons (Fsp3) is 0.0388. The largest absolute Gasteiger partial charge is 0.233 e. The van der Waals surface area contributed by atoms with Crippen molar-refractivity contribution in [1.29, 1.82) is 0 Å². The molecule has 0 aliphatic heterocycles. The Hall–Kier alpha value is -18.1. The maximum Gasteiger partial charge on any atom is 0.161 e. The second-order valence-electron chi connectivity index (χ2n) is 34.4. The predicted molar refractivity (Wildman–Crippen MR) is 577 cm³/mol. The molecule has 10 nitrogen and oxygen atoms in total. The first-order valence-corrected chi connectivity index (χ1v) is 46.8. The number of aromatic nitrogens is 10. The molecular weight excluding hydrogens is 1690 g/mol. The molecule has 0 aliphatic rings. The van der Waals surface area contributed by atoms with Crippen molar-refractivity contribution < 1.29 is 0 Å². The van der Waals surface area contributed by atoms with Crippen LogP contribution < -0.4 is 0 Å². The predicted octanol–water partition coefficient (Wildman–Crippen LogP) is 33.0. The standard InChI is InChI=1S/4C27H20N2.C21H16N2/c1-19-10-5-7-15-22(19)25-18-26(29-27(28-25)21-12-3-2-4-13-21)24-17-9-14-20-11-6-8-16-23(20)24;1-19-10-5-7-15-22(19)26-18-25(21-12-3-2-4-13-21)28-27(29-26)24-17-9-14-20-11-6-8-16-23(20)24;1-19-9-7-14-22(17-19)26-18-25(21-11-3-2-4-12-21)28-27(29-26)24-16-8-13-20-10-5-6-15-23(20)24;1-19-14-16-22(17-15-19)26-18-25(21-9-3-2-4-10-21)28-27(29-26)24-13-7-11-20-8-5-6-12-23(20)24;1-15-14-20(17-9-3-2-4-10-17)23-21(22-15)19-13-7-11-16-8-5-6-12-18(16)19/h4*2-18H,1H3;2-14H,1H3. The van der Waals surface area contributed by atoms with Crippen molar-refractivity contribution in [2.45, 2.75) is 34.6 Å². The minimum absolute atomic E-state index is 0.745. The zero-order valence-electron chi connectivity index (χ0n) is 77.7. The summed E-state index contributed by atoms with van der Waals surface area (Å²) >= 11 is 0. The van der Waals surface area contributed by atoms with Crippen molar-refractivity contribution in [3.63, 3.8) is 0 Å². The topological polar surface area (TPSA) is 129 Å². The molecule has 0 atom stereocenters. The lowest BCUT2D eigenvalue weighted by molar-refractivity contribution is 1.12. The van der Waals surface area contributed by atoms with E-state index in [4.69, 9.17) is 44.9 Å². The quantitative estimate of drug-likeness (QED) is 0.104. The summed E-state index contributed by atoms with van der Waals surface area (Å²) in [5.41, 5.74) is 29.5. The molecule has 0 saturated carbocycles. The van der Waals surface area contributed by atoms with E-state index >= 15 is 0 Å². The molecule has 5 heterocycles. The summed E-state index contributed by atoms with van der Waals surface area (Å²) in [7, 11) is 0. The number of nitrogens with zero attached hydrogens (tertiary/aromatic N) is 10. The van der Waals surface area contributed by atoms with Crippen molar-refractivity contribution in [2.24, 2.45) is 0 Å². The molecule has 0 bridgehead atoms. The molecule has 0 radical (unpaired) electrons. The van der Waals surface area contributed by atoms with E-state index in [9.17, 15) is 0 Å². The number of benzene rings is 19. The maximum atomic E-state index is 5.00. The molecule has 0 amide bonds. The van der Waals surface area contributed by atoms with Gasteiger partial charge in [0.05, 0.1) is 51.2 Å². The minimum Gasteiger partial charge on any atom is -0.233 e. The van der Waals surface area contributed by atoms with Gasteiger partial charge in [0.1, 0.15) is 0 Å². The van der Waals surface area contributed by atoms with E-state index in [0.717, 1.165) is 180 Å². The van der Waals surface area contributed by atoms with Crippen LogP contribution in [0.1, 0.15) is 27.9 Å². The molecule has 0 fully saturated rings. The lowest BCUT2D eigenvalue weighted by Crippen LogP contribution is -1.97. The Morgan fingerprint density at radius 1 is 0.129 bits per heavy atom. The highest BCUT2D eigenvalue weighted by molar-refractivity contribution is 6.01. The second kappa shape index (κ2) is 41.6. The molecule has 24 aromatic rings. The van der Waals surface area contributed by atoms with E-state index in [1.165, 1.54) is 60.0 Å². The summed E-state index contributed by atoms with van der Waals surface area (Å²) in [6, 6.07) is 169. The van der Waals surface area contributed by atoms with E-state index in [2.05, 4.69) is 427 Å². The van der Waals surface area contributed by atoms with Crippen LogP contribution in [0.4, 0.5) is 0 Å². The molecule has 139 heavy (non-hydrogen) atoms. The number of hydrogen-bond donors (Lipinski definition) is 0. The third kappa shape index (κ3) is 20.5. The Morgan fingerprint density at radius 2 is 0.360 bits per heavy atom. The van der Waals surface area contributed by atoms with Gasteiger partial charge in [-0.05, 0) is 136 Å². The Kier molecular flexibility index (Phi) is 26.6. The average Bonchev–Trinajstić information content (AvgIpc) is 0.785. The molecule has 5 aromatic heterocycles. The summed E-state index contributed by atoms with van der Waals surface area (Å²) in [5.74, 6) is 3.77. The number of hydrogen-bond acceptors (Lipinski definition) is 10. The van der Waals surface area contributed by atoms with Gasteiger partial charge in [0.25, 0.3) is 0 Å². The van der Waals surface area contributed by atoms with E-state index in [0.29, 0.717) is 0 Å². The summed E-state index contributed by atoms with van der Waals surface area (Å²) in [4.78, 5) is 49.2. The van der Waals surface area contributed by atoms with Gasteiger partial charge in [-0.1, -0.05) is 466 Å². The zero-order chi connectivity index (χ0) is 94.2. The summed E-state index contributed by atoms with van der Waals surface area (Å²) in [6.07, 6.45) is 0. The number of fused-ring (bicyclic) bond motifs is 5. The fourth-order valence-corrected chi connectivity index (χ4v) is 17.7. The van der Waals surface area contributed by atoms with Gasteiger partial charge in [-0.3, -0.25) is 0 Å². The van der Waals surface area contributed by atoms with E-state index in [1.807, 2.05) is 104 Å². The lowest BCUT2D eigenvalue weighted by Gasteiger charge is -2.12. The van der Waals surface area contributed by atoms with Gasteiger partial charge in [-0.25, -0.2) is 49.8 Å². The molecule has 662 valence electrons. The van der Waals surface area contributed by atoms with Crippen LogP contribution in [0.15, 0.2) is 491 Å². The van der Waals surface area contributed by atoms with Crippen molar-refractivity contribution in [2.75, 3.05) is 0 Å². The molecule has 0 unspecified atom stereocenters. The fourth-order valence-electron chi connectivity index (χ4n) is 17.7. The van der Waals surface area contributed by atoms with Crippen molar-refractivity contribution >= 4 is 53.9 Å². The Morgan fingerprint density at radius 3 is 0.719 bits per heavy atom. The molecule has 24 rings (SSSR count). The zero-order valence-corrected chi connectivity index (χ0v) is 77.7. The van der Waals surface area contributed by atoms with Crippen LogP contribution in [-0.2, 0) is 0 Å². The molecular formula is C129H96N10. The van der Waals surface area contributed by atoms with Crippen LogP contribution in [-0.4, -0.2) is 49.8 Å². The van der Waals surface area contributed by atoms with Gasteiger partial charge in [0.15, 0.2) is 29.1 Å². The first-order chi connectivity index (χ1) is 68.4. The van der Waals surface area contributed by atoms with Crippen LogP contribution in [0.25, 0.3) is 212 Å². The van der Waals surface area contributed by atoms with Crippen LogP contribution in [0, 0.1) is 34.6 Å². The Bertz CT molecular complexity index is 8260. The van der Waals surface area contributed by atoms with Crippen molar-refractivity contribution in [1.82, 2.24) is 49.8 Å². The van der Waals surface area contributed by atoms with Crippen LogP contribution >= 0.6 is 0 Å². The average molecular weight is 1790 g/mol. The highest BCUT2D eigenvalue weighted by Crippen LogP contribution is 2.40. The molecule has 0 aliphatic carbocycles. The van der Waals surface area contributed by atoms with Crippen LogP contribution in [0.3, 0.4) is 0 Å². The number of rotatable bonds is 14. The summed E-state index contributed by atoms with van der Waals surface area (Å²) < 4.78 is 0. The van der Waals surface area contributed by atoms with Gasteiger partial charge in [-0.15, -0.1) is 0 Å². The monoisotopic (exact) mass is 1780 g/mol. The molecule has 10 heteroatoms. The van der Waals surface area contributed by atoms with Gasteiger partial charge < -0.3 is 0 Å². The third-order valence-corrected chi connectivity index (χ3v) is 24.8. The van der Waals surface area contributed by atoms with Crippen LogP contribution in [0.2, 0.25) is 0 Å². The van der Waals surface area contributed by atoms with Crippen molar-refractivity contribution in [3.05, 3.63) is 519 Å². The van der Waals surface area contributed by atoms with E-state index in [-0.39, 0.29) is 0 Å². The SMILES string of the molecule is Cc1cc(-c2ccccc2)nc(-c2cccc3ccccc23)n1.Cc1ccc(-c2cc(-c3ccccc3)nc(-c3cccc4ccccc34)n2)cc1.Cc1cccc(-c2cc(-c3ccccc3)nc(-c3cccc4ccccc34)n2)c1.Cc1ccccc1-c1cc(-c2cccc3ccccc23)nc(-c2ccccc2)n1.Cc1ccccc1-c1cc(-c2ccccc2)nc(-c2cccc3ccccc23)n1.